The van der Waals surface area contributed by atoms with Crippen molar-refractivity contribution >= 4 is 21.7 Å². The van der Waals surface area contributed by atoms with Crippen LogP contribution in [0.1, 0.15) is 43.0 Å². The third-order valence-electron chi connectivity index (χ3n) is 5.10. The zero-order valence-corrected chi connectivity index (χ0v) is 15.3. The Morgan fingerprint density at radius 2 is 1.80 bits per heavy atom. The molecule has 25 heavy (non-hydrogen) atoms. The first-order chi connectivity index (χ1) is 11.9. The van der Waals surface area contributed by atoms with Crippen LogP contribution in [0, 0.1) is 5.92 Å². The molecule has 1 aromatic rings. The molecule has 1 aliphatic heterocycles. The minimum absolute atomic E-state index is 0.135. The van der Waals surface area contributed by atoms with Gasteiger partial charge in [-0.3, -0.25) is 9.59 Å². The summed E-state index contributed by atoms with van der Waals surface area (Å²) < 4.78 is 27.2. The Hall–Kier alpha value is -1.73. The minimum atomic E-state index is -3.66. The molecule has 0 atom stereocenters. The van der Waals surface area contributed by atoms with Gasteiger partial charge in [0.1, 0.15) is 0 Å². The van der Waals surface area contributed by atoms with Crippen molar-refractivity contribution in [1.29, 1.82) is 0 Å². The zero-order chi connectivity index (χ0) is 18.0. The third kappa shape index (κ3) is 3.77. The zero-order valence-electron chi connectivity index (χ0n) is 14.5. The van der Waals surface area contributed by atoms with Crippen molar-refractivity contribution in [2.24, 2.45) is 5.92 Å². The van der Waals surface area contributed by atoms with Gasteiger partial charge in [-0.05, 0) is 38.3 Å². The number of nitrogens with zero attached hydrogens (tertiary/aromatic N) is 2. The summed E-state index contributed by atoms with van der Waals surface area (Å²) in [6, 6.07) is 6.15. The van der Waals surface area contributed by atoms with Crippen LogP contribution >= 0.6 is 0 Å². The lowest BCUT2D eigenvalue weighted by molar-refractivity contribution is -0.138. The molecule has 7 heteroatoms. The number of hydrogen-bond acceptors (Lipinski definition) is 4. The summed E-state index contributed by atoms with van der Waals surface area (Å²) in [6.07, 6.45) is 3.64. The Kier molecular flexibility index (Phi) is 5.24. The molecule has 1 aliphatic carbocycles. The predicted octanol–water partition coefficient (Wildman–Crippen LogP) is 1.91. The van der Waals surface area contributed by atoms with Gasteiger partial charge in [0.15, 0.2) is 5.78 Å². The lowest BCUT2D eigenvalue weighted by atomic mass is 9.84. The molecular weight excluding hydrogens is 340 g/mol. The van der Waals surface area contributed by atoms with E-state index >= 15 is 0 Å². The molecule has 2 aliphatic rings. The van der Waals surface area contributed by atoms with Crippen LogP contribution in [0.4, 0.5) is 0 Å². The van der Waals surface area contributed by atoms with Crippen LogP contribution in [-0.4, -0.2) is 55.5 Å². The summed E-state index contributed by atoms with van der Waals surface area (Å²) in [5, 5.41) is 0. The van der Waals surface area contributed by atoms with Gasteiger partial charge in [-0.25, -0.2) is 8.42 Å². The Labute approximate surface area is 148 Å². The van der Waals surface area contributed by atoms with E-state index in [1.165, 1.54) is 23.4 Å². The Bertz CT molecular complexity index is 771. The fourth-order valence-corrected chi connectivity index (χ4v) is 4.81. The second kappa shape index (κ2) is 7.25. The smallest absolute Gasteiger partial charge is 0.243 e. The average molecular weight is 364 g/mol. The SMILES string of the molecule is CC(=O)c1cccc(S(=O)(=O)N2CCCN(C(=O)C3CCC3)CC2)c1. The monoisotopic (exact) mass is 364 g/mol. The first-order valence-corrected chi connectivity index (χ1v) is 10.2. The van der Waals surface area contributed by atoms with Gasteiger partial charge < -0.3 is 4.90 Å². The number of rotatable bonds is 4. The van der Waals surface area contributed by atoms with Crippen LogP contribution < -0.4 is 0 Å². The number of carbonyl (C=O) groups excluding carboxylic acids is 2. The topological polar surface area (TPSA) is 74.8 Å². The molecule has 0 N–H and O–H groups in total. The number of Topliss-reactive ketones (excluding diaryl/α,β-unsaturated/α-hetero) is 1. The van der Waals surface area contributed by atoms with Crippen molar-refractivity contribution in [3.05, 3.63) is 29.8 Å². The first kappa shape index (κ1) is 18.1. The molecule has 1 amide bonds. The number of ketones is 1. The summed E-state index contributed by atoms with van der Waals surface area (Å²) in [6.45, 7) is 3.14. The molecule has 2 fully saturated rings. The maximum atomic E-state index is 12.9. The van der Waals surface area contributed by atoms with Crippen LogP contribution in [0.2, 0.25) is 0 Å². The van der Waals surface area contributed by atoms with Gasteiger partial charge in [0, 0.05) is 37.7 Å². The summed E-state index contributed by atoms with van der Waals surface area (Å²) in [7, 11) is -3.66. The van der Waals surface area contributed by atoms with Gasteiger partial charge in [-0.1, -0.05) is 18.6 Å². The molecule has 0 bridgehead atoms. The highest BCUT2D eigenvalue weighted by Crippen LogP contribution is 2.29. The molecule has 136 valence electrons. The summed E-state index contributed by atoms with van der Waals surface area (Å²) in [5.41, 5.74) is 0.387. The highest BCUT2D eigenvalue weighted by molar-refractivity contribution is 7.89. The van der Waals surface area contributed by atoms with E-state index in [-0.39, 0.29) is 22.5 Å². The highest BCUT2D eigenvalue weighted by Gasteiger charge is 2.32. The van der Waals surface area contributed by atoms with Crippen LogP contribution in [-0.2, 0) is 14.8 Å². The molecule has 0 spiro atoms. The van der Waals surface area contributed by atoms with Crippen molar-refractivity contribution in [2.45, 2.75) is 37.5 Å². The van der Waals surface area contributed by atoms with E-state index in [0.717, 1.165) is 19.3 Å². The molecule has 0 aromatic heterocycles. The predicted molar refractivity (Wildman–Crippen MR) is 93.7 cm³/mol. The number of hydrogen-bond donors (Lipinski definition) is 0. The van der Waals surface area contributed by atoms with Gasteiger partial charge in [0.05, 0.1) is 4.90 Å². The molecule has 1 heterocycles. The van der Waals surface area contributed by atoms with Crippen LogP contribution in [0.25, 0.3) is 0 Å². The van der Waals surface area contributed by atoms with E-state index in [1.54, 1.807) is 12.1 Å². The molecule has 0 radical (unpaired) electrons. The van der Waals surface area contributed by atoms with Gasteiger partial charge in [0.2, 0.25) is 15.9 Å². The molecule has 1 aromatic carbocycles. The Balaban J connectivity index is 1.73. The van der Waals surface area contributed by atoms with E-state index in [1.807, 2.05) is 4.90 Å². The molecule has 1 saturated heterocycles. The van der Waals surface area contributed by atoms with Crippen molar-refractivity contribution in [1.82, 2.24) is 9.21 Å². The third-order valence-corrected chi connectivity index (χ3v) is 6.99. The molecular formula is C18H24N2O4S. The Morgan fingerprint density at radius 1 is 1.04 bits per heavy atom. The molecule has 1 saturated carbocycles. The molecule has 6 nitrogen and oxygen atoms in total. The second-order valence-electron chi connectivity index (χ2n) is 6.79. The number of carbonyl (C=O) groups is 2. The van der Waals surface area contributed by atoms with E-state index in [9.17, 15) is 18.0 Å². The van der Waals surface area contributed by atoms with Crippen molar-refractivity contribution in [3.8, 4) is 0 Å². The van der Waals surface area contributed by atoms with Gasteiger partial charge in [0.25, 0.3) is 0 Å². The van der Waals surface area contributed by atoms with Crippen LogP contribution in [0.15, 0.2) is 29.2 Å². The lowest BCUT2D eigenvalue weighted by Crippen LogP contribution is -2.41. The Morgan fingerprint density at radius 3 is 2.44 bits per heavy atom. The van der Waals surface area contributed by atoms with E-state index in [0.29, 0.717) is 38.2 Å². The van der Waals surface area contributed by atoms with Gasteiger partial charge >= 0.3 is 0 Å². The average Bonchev–Trinajstić information content (AvgIpc) is 2.80. The number of benzene rings is 1. The largest absolute Gasteiger partial charge is 0.341 e. The lowest BCUT2D eigenvalue weighted by Gasteiger charge is -2.31. The quantitative estimate of drug-likeness (QED) is 0.765. The van der Waals surface area contributed by atoms with E-state index in [2.05, 4.69) is 0 Å². The van der Waals surface area contributed by atoms with Gasteiger partial charge in [-0.15, -0.1) is 0 Å². The summed E-state index contributed by atoms with van der Waals surface area (Å²) in [4.78, 5) is 25.9. The first-order valence-electron chi connectivity index (χ1n) is 8.79. The molecule has 3 rings (SSSR count). The van der Waals surface area contributed by atoms with Crippen molar-refractivity contribution in [2.75, 3.05) is 26.2 Å². The summed E-state index contributed by atoms with van der Waals surface area (Å²) in [5.74, 6) is 0.143. The van der Waals surface area contributed by atoms with Crippen molar-refractivity contribution < 1.29 is 18.0 Å². The maximum absolute atomic E-state index is 12.9. The van der Waals surface area contributed by atoms with Crippen LogP contribution in [0.3, 0.4) is 0 Å². The molecule has 0 unspecified atom stereocenters. The number of amides is 1. The standard InChI is InChI=1S/C18H24N2O4S/c1-14(21)16-7-3-8-17(13-16)25(23,24)20-10-4-9-19(11-12-20)18(22)15-5-2-6-15/h3,7-8,13,15H,2,4-6,9-12H2,1H3. The van der Waals surface area contributed by atoms with Crippen molar-refractivity contribution in [3.63, 3.8) is 0 Å². The normalized spacial score (nSPS) is 20.0. The maximum Gasteiger partial charge on any atom is 0.243 e. The van der Waals surface area contributed by atoms with E-state index in [4.69, 9.17) is 0 Å². The fourth-order valence-electron chi connectivity index (χ4n) is 3.29. The number of sulfonamides is 1. The minimum Gasteiger partial charge on any atom is -0.341 e. The second-order valence-corrected chi connectivity index (χ2v) is 8.73. The summed E-state index contributed by atoms with van der Waals surface area (Å²) >= 11 is 0. The van der Waals surface area contributed by atoms with Gasteiger partial charge in [-0.2, -0.15) is 4.31 Å². The highest BCUT2D eigenvalue weighted by atomic mass is 32.2. The van der Waals surface area contributed by atoms with Crippen LogP contribution in [0.5, 0.6) is 0 Å². The fraction of sp³-hybridized carbons (Fsp3) is 0.556. The van der Waals surface area contributed by atoms with E-state index < -0.39 is 10.0 Å².